The fraction of sp³-hybridized carbons (Fsp3) is 0.500. The maximum Gasteiger partial charge on any atom is 0.0905 e. The smallest absolute Gasteiger partial charge is 0.0905 e. The molecular weight excluding hydrogens is 358 g/mol. The molecule has 2 fully saturated rings. The van der Waals surface area contributed by atoms with Gasteiger partial charge in [-0.25, -0.2) is 5.01 Å². The van der Waals surface area contributed by atoms with Crippen molar-refractivity contribution in [3.63, 3.8) is 0 Å². The van der Waals surface area contributed by atoms with E-state index in [9.17, 15) is 0 Å². The summed E-state index contributed by atoms with van der Waals surface area (Å²) in [5.41, 5.74) is 3.97. The van der Waals surface area contributed by atoms with Crippen molar-refractivity contribution in [3.05, 3.63) is 52.8 Å². The van der Waals surface area contributed by atoms with Gasteiger partial charge in [0.05, 0.1) is 34.9 Å². The number of nitrogens with one attached hydrogen (secondary N) is 1. The van der Waals surface area contributed by atoms with Crippen LogP contribution in [0, 0.1) is 5.92 Å². The lowest BCUT2D eigenvalue weighted by Crippen LogP contribution is -2.32. The molecule has 3 aliphatic rings. The summed E-state index contributed by atoms with van der Waals surface area (Å²) in [4.78, 5) is 0. The SMILES string of the molecule is C=C1C(Cl)=C(NCC2CCCOC2)C=NN1c1ccc(C2CCCC2)cc1. The number of hydrogen-bond donors (Lipinski definition) is 1. The van der Waals surface area contributed by atoms with Crippen LogP contribution in [0.4, 0.5) is 5.69 Å². The van der Waals surface area contributed by atoms with Gasteiger partial charge >= 0.3 is 0 Å². The number of hydrazone groups is 1. The fourth-order valence-corrected chi connectivity index (χ4v) is 4.40. The molecule has 4 nitrogen and oxygen atoms in total. The highest BCUT2D eigenvalue weighted by Gasteiger charge is 2.22. The maximum atomic E-state index is 6.58. The highest BCUT2D eigenvalue weighted by atomic mass is 35.5. The highest BCUT2D eigenvalue weighted by Crippen LogP contribution is 2.36. The molecule has 1 unspecified atom stereocenters. The Hall–Kier alpha value is -1.78. The number of halogens is 1. The van der Waals surface area contributed by atoms with E-state index in [1.165, 1.54) is 37.7 Å². The van der Waals surface area contributed by atoms with Crippen LogP contribution in [0.15, 0.2) is 52.4 Å². The molecule has 0 bridgehead atoms. The van der Waals surface area contributed by atoms with Crippen molar-refractivity contribution < 1.29 is 4.74 Å². The molecule has 1 aromatic rings. The van der Waals surface area contributed by atoms with Gasteiger partial charge in [-0.15, -0.1) is 0 Å². The number of allylic oxidation sites excluding steroid dienone is 2. The lowest BCUT2D eigenvalue weighted by atomic mass is 9.97. The number of rotatable bonds is 5. The van der Waals surface area contributed by atoms with Gasteiger partial charge in [-0.1, -0.05) is 43.2 Å². The van der Waals surface area contributed by atoms with Crippen molar-refractivity contribution >= 4 is 23.5 Å². The molecule has 144 valence electrons. The molecule has 1 saturated carbocycles. The van der Waals surface area contributed by atoms with E-state index in [0.717, 1.165) is 43.5 Å². The quantitative estimate of drug-likeness (QED) is 0.763. The Kier molecular flexibility index (Phi) is 5.84. The third-order valence-electron chi connectivity index (χ3n) is 5.85. The second kappa shape index (κ2) is 8.49. The van der Waals surface area contributed by atoms with Crippen LogP contribution in [0.2, 0.25) is 0 Å². The largest absolute Gasteiger partial charge is 0.382 e. The van der Waals surface area contributed by atoms with E-state index in [-0.39, 0.29) is 0 Å². The van der Waals surface area contributed by atoms with E-state index < -0.39 is 0 Å². The Balaban J connectivity index is 1.40. The number of nitrogens with zero attached hydrogens (tertiary/aromatic N) is 2. The molecule has 1 atom stereocenters. The van der Waals surface area contributed by atoms with Crippen LogP contribution in [0.3, 0.4) is 0 Å². The summed E-state index contributed by atoms with van der Waals surface area (Å²) in [5.74, 6) is 1.24. The molecule has 1 aliphatic carbocycles. The van der Waals surface area contributed by atoms with Crippen molar-refractivity contribution in [2.75, 3.05) is 24.8 Å². The molecule has 0 amide bonds. The highest BCUT2D eigenvalue weighted by molar-refractivity contribution is 6.34. The van der Waals surface area contributed by atoms with E-state index in [4.69, 9.17) is 16.3 Å². The topological polar surface area (TPSA) is 36.9 Å². The lowest BCUT2D eigenvalue weighted by molar-refractivity contribution is 0.0559. The first-order valence-electron chi connectivity index (χ1n) is 10.1. The third-order valence-corrected chi connectivity index (χ3v) is 6.27. The van der Waals surface area contributed by atoms with Gasteiger partial charge < -0.3 is 10.1 Å². The van der Waals surface area contributed by atoms with Gasteiger partial charge in [0.2, 0.25) is 0 Å². The zero-order valence-electron chi connectivity index (χ0n) is 15.8. The summed E-state index contributed by atoms with van der Waals surface area (Å²) < 4.78 is 5.54. The van der Waals surface area contributed by atoms with Crippen LogP contribution in [-0.4, -0.2) is 26.0 Å². The van der Waals surface area contributed by atoms with E-state index >= 15 is 0 Å². The summed E-state index contributed by atoms with van der Waals surface area (Å²) in [6.07, 6.45) is 9.43. The zero-order valence-corrected chi connectivity index (χ0v) is 16.5. The van der Waals surface area contributed by atoms with Crippen LogP contribution in [0.5, 0.6) is 0 Å². The number of hydrogen-bond acceptors (Lipinski definition) is 4. The summed E-state index contributed by atoms with van der Waals surface area (Å²) in [6.45, 7) is 6.70. The normalized spacial score (nSPS) is 24.0. The van der Waals surface area contributed by atoms with Crippen LogP contribution in [0.25, 0.3) is 0 Å². The van der Waals surface area contributed by atoms with Gasteiger partial charge in [0, 0.05) is 13.2 Å². The molecule has 0 radical (unpaired) electrons. The molecule has 0 aromatic heterocycles. The van der Waals surface area contributed by atoms with E-state index in [1.54, 1.807) is 6.21 Å². The predicted octanol–water partition coefficient (Wildman–Crippen LogP) is 5.13. The summed E-state index contributed by atoms with van der Waals surface area (Å²) in [7, 11) is 0. The second-order valence-corrected chi connectivity index (χ2v) is 8.15. The lowest BCUT2D eigenvalue weighted by Gasteiger charge is -2.28. The monoisotopic (exact) mass is 385 g/mol. The standard InChI is InChI=1S/C22H28ClN3O/c1-16-22(23)21(24-13-17-5-4-12-27-15-17)14-25-26(16)20-10-8-19(9-11-20)18-6-2-3-7-18/h8-11,14,17-18,24H,1-7,12-13,15H2. The molecule has 2 heterocycles. The van der Waals surface area contributed by atoms with Crippen LogP contribution < -0.4 is 10.3 Å². The van der Waals surface area contributed by atoms with Gasteiger partial charge in [0.15, 0.2) is 0 Å². The van der Waals surface area contributed by atoms with Crippen LogP contribution in [-0.2, 0) is 4.74 Å². The molecular formula is C22H28ClN3O. The van der Waals surface area contributed by atoms with Gasteiger partial charge in [-0.2, -0.15) is 5.10 Å². The minimum Gasteiger partial charge on any atom is -0.382 e. The van der Waals surface area contributed by atoms with Gasteiger partial charge in [-0.05, 0) is 55.2 Å². The van der Waals surface area contributed by atoms with Crippen LogP contribution >= 0.6 is 11.6 Å². The van der Waals surface area contributed by atoms with Crippen molar-refractivity contribution in [1.82, 2.24) is 5.32 Å². The van der Waals surface area contributed by atoms with Crippen molar-refractivity contribution in [1.29, 1.82) is 0 Å². The Labute approximate surface area is 166 Å². The minimum atomic E-state index is 0.526. The first-order chi connectivity index (χ1) is 13.2. The Morgan fingerprint density at radius 2 is 1.93 bits per heavy atom. The Morgan fingerprint density at radius 3 is 2.63 bits per heavy atom. The van der Waals surface area contributed by atoms with E-state index in [2.05, 4.69) is 41.3 Å². The van der Waals surface area contributed by atoms with Gasteiger partial charge in [-0.3, -0.25) is 0 Å². The summed E-state index contributed by atoms with van der Waals surface area (Å²) >= 11 is 6.58. The zero-order chi connectivity index (χ0) is 18.6. The summed E-state index contributed by atoms with van der Waals surface area (Å²) in [6, 6.07) is 8.70. The second-order valence-electron chi connectivity index (χ2n) is 7.77. The average molecular weight is 386 g/mol. The number of ether oxygens (including phenoxy) is 1. The van der Waals surface area contributed by atoms with Crippen molar-refractivity contribution in [2.24, 2.45) is 11.0 Å². The Bertz CT molecular complexity index is 728. The number of anilines is 1. The van der Waals surface area contributed by atoms with Crippen LogP contribution in [0.1, 0.15) is 50.0 Å². The Morgan fingerprint density at radius 1 is 1.15 bits per heavy atom. The maximum absolute atomic E-state index is 6.58. The fourth-order valence-electron chi connectivity index (χ4n) is 4.21. The molecule has 27 heavy (non-hydrogen) atoms. The average Bonchev–Trinajstić information content (AvgIpc) is 3.25. The minimum absolute atomic E-state index is 0.526. The van der Waals surface area contributed by atoms with Crippen molar-refractivity contribution in [2.45, 2.75) is 44.4 Å². The molecule has 1 aromatic carbocycles. The molecule has 4 rings (SSSR count). The molecule has 0 spiro atoms. The molecule has 1 N–H and O–H groups in total. The summed E-state index contributed by atoms with van der Waals surface area (Å²) in [5, 5.41) is 10.4. The van der Waals surface area contributed by atoms with E-state index in [0.29, 0.717) is 16.6 Å². The van der Waals surface area contributed by atoms with Gasteiger partial charge in [0.25, 0.3) is 0 Å². The van der Waals surface area contributed by atoms with Gasteiger partial charge in [0.1, 0.15) is 0 Å². The van der Waals surface area contributed by atoms with E-state index in [1.807, 2.05) is 5.01 Å². The molecule has 2 aliphatic heterocycles. The number of benzene rings is 1. The first kappa shape index (κ1) is 18.6. The molecule has 5 heteroatoms. The molecule has 1 saturated heterocycles. The van der Waals surface area contributed by atoms with Crippen molar-refractivity contribution in [3.8, 4) is 0 Å². The third kappa shape index (κ3) is 4.22. The first-order valence-corrected chi connectivity index (χ1v) is 10.4. The predicted molar refractivity (Wildman–Crippen MR) is 112 cm³/mol.